The van der Waals surface area contributed by atoms with E-state index in [0.717, 1.165) is 12.1 Å². The number of ether oxygens (including phenoxy) is 1. The summed E-state index contributed by atoms with van der Waals surface area (Å²) in [5.74, 6) is 0.442. The molecule has 1 aliphatic heterocycles. The first-order valence-electron chi connectivity index (χ1n) is 10.4. The van der Waals surface area contributed by atoms with E-state index in [1.807, 2.05) is 18.2 Å². The number of amides is 1. The third kappa shape index (κ3) is 4.98. The summed E-state index contributed by atoms with van der Waals surface area (Å²) >= 11 is 0. The lowest BCUT2D eigenvalue weighted by atomic mass is 10.1. The Balaban J connectivity index is 1.42. The molecule has 1 aliphatic rings. The van der Waals surface area contributed by atoms with Crippen molar-refractivity contribution in [3.63, 3.8) is 0 Å². The number of nitrogens with zero attached hydrogens (tertiary/aromatic N) is 3. The fourth-order valence-electron chi connectivity index (χ4n) is 3.72. The summed E-state index contributed by atoms with van der Waals surface area (Å²) in [6.07, 6.45) is -3.28. The molecule has 1 amide bonds. The highest BCUT2D eigenvalue weighted by Crippen LogP contribution is 2.36. The van der Waals surface area contributed by atoms with Gasteiger partial charge in [-0.15, -0.1) is 0 Å². The van der Waals surface area contributed by atoms with E-state index >= 15 is 0 Å². The van der Waals surface area contributed by atoms with Crippen LogP contribution in [0.1, 0.15) is 21.7 Å². The molecule has 3 aromatic rings. The summed E-state index contributed by atoms with van der Waals surface area (Å²) in [6, 6.07) is 13.2. The first kappa shape index (κ1) is 23.1. The number of para-hydroxylation sites is 1. The lowest BCUT2D eigenvalue weighted by Crippen LogP contribution is -2.49. The van der Waals surface area contributed by atoms with Crippen LogP contribution in [0.5, 0.6) is 5.75 Å². The van der Waals surface area contributed by atoms with Crippen molar-refractivity contribution in [3.8, 4) is 5.75 Å². The highest BCUT2D eigenvalue weighted by Gasteiger charge is 2.35. The predicted molar refractivity (Wildman–Crippen MR) is 116 cm³/mol. The summed E-state index contributed by atoms with van der Waals surface area (Å²) in [5.41, 5.74) is -1.05. The Kier molecular flexibility index (Phi) is 6.44. The standard InChI is InChI=1S/C23H20F3N3O5/c24-23(25,26)17-6-7-19(20(14-17)29(31)32)27-9-11-28(12-10-27)22(30)21-16(8-13-33-21)15-34-18-4-2-1-3-5-18/h1-8,13-14H,9-12,15H2. The maximum Gasteiger partial charge on any atom is 0.416 e. The number of furan rings is 1. The van der Waals surface area contributed by atoms with Gasteiger partial charge in [0.25, 0.3) is 11.6 Å². The van der Waals surface area contributed by atoms with Crippen LogP contribution in [0.25, 0.3) is 0 Å². The number of anilines is 1. The minimum atomic E-state index is -4.68. The molecule has 1 fully saturated rings. The quantitative estimate of drug-likeness (QED) is 0.378. The van der Waals surface area contributed by atoms with Gasteiger partial charge in [0.1, 0.15) is 18.0 Å². The second-order valence-corrected chi connectivity index (χ2v) is 7.61. The number of halogens is 3. The van der Waals surface area contributed by atoms with Crippen LogP contribution in [-0.2, 0) is 12.8 Å². The van der Waals surface area contributed by atoms with Crippen LogP contribution >= 0.6 is 0 Å². The van der Waals surface area contributed by atoms with E-state index in [2.05, 4.69) is 0 Å². The number of carbonyl (C=O) groups excluding carboxylic acids is 1. The van der Waals surface area contributed by atoms with Gasteiger partial charge in [-0.2, -0.15) is 13.2 Å². The SMILES string of the molecule is O=C(c1occc1COc1ccccc1)N1CCN(c2ccc(C(F)(F)F)cc2[N+](=O)[O-])CC1. The monoisotopic (exact) mass is 475 g/mol. The molecule has 2 aromatic carbocycles. The third-order valence-electron chi connectivity index (χ3n) is 5.49. The maximum absolute atomic E-state index is 13.0. The molecule has 0 atom stereocenters. The van der Waals surface area contributed by atoms with Crippen LogP contribution in [0, 0.1) is 10.1 Å². The minimum absolute atomic E-state index is 0.0834. The third-order valence-corrected chi connectivity index (χ3v) is 5.49. The van der Waals surface area contributed by atoms with Crippen LogP contribution in [0.2, 0.25) is 0 Å². The normalized spacial score (nSPS) is 14.2. The molecule has 178 valence electrons. The number of nitro groups is 1. The van der Waals surface area contributed by atoms with Gasteiger partial charge in [0, 0.05) is 37.8 Å². The number of alkyl halides is 3. The highest BCUT2D eigenvalue weighted by atomic mass is 19.4. The van der Waals surface area contributed by atoms with Crippen molar-refractivity contribution in [3.05, 3.63) is 87.9 Å². The zero-order valence-electron chi connectivity index (χ0n) is 17.8. The molecule has 0 aliphatic carbocycles. The molecule has 0 N–H and O–H groups in total. The Labute approximate surface area is 192 Å². The van der Waals surface area contributed by atoms with E-state index in [-0.39, 0.29) is 50.1 Å². The zero-order chi connectivity index (χ0) is 24.3. The number of benzene rings is 2. The largest absolute Gasteiger partial charge is 0.489 e. The van der Waals surface area contributed by atoms with Crippen LogP contribution in [-0.4, -0.2) is 41.9 Å². The molecule has 0 bridgehead atoms. The molecule has 0 spiro atoms. The van der Waals surface area contributed by atoms with Gasteiger partial charge in [0.05, 0.1) is 16.7 Å². The Morgan fingerprint density at radius 2 is 1.76 bits per heavy atom. The molecule has 11 heteroatoms. The fraction of sp³-hybridized carbons (Fsp3) is 0.261. The fourth-order valence-corrected chi connectivity index (χ4v) is 3.72. The van der Waals surface area contributed by atoms with Crippen molar-refractivity contribution in [1.82, 2.24) is 4.90 Å². The smallest absolute Gasteiger partial charge is 0.416 e. The van der Waals surface area contributed by atoms with Crippen LogP contribution in [0.3, 0.4) is 0 Å². The van der Waals surface area contributed by atoms with E-state index in [1.54, 1.807) is 23.1 Å². The molecular weight excluding hydrogens is 455 g/mol. The average Bonchev–Trinajstić information content (AvgIpc) is 3.31. The van der Waals surface area contributed by atoms with Crippen molar-refractivity contribution >= 4 is 17.3 Å². The van der Waals surface area contributed by atoms with Crippen molar-refractivity contribution in [2.75, 3.05) is 31.1 Å². The van der Waals surface area contributed by atoms with Gasteiger partial charge in [-0.3, -0.25) is 14.9 Å². The lowest BCUT2D eigenvalue weighted by molar-refractivity contribution is -0.384. The molecule has 34 heavy (non-hydrogen) atoms. The van der Waals surface area contributed by atoms with Crippen molar-refractivity contribution < 1.29 is 32.0 Å². The van der Waals surface area contributed by atoms with Gasteiger partial charge >= 0.3 is 6.18 Å². The van der Waals surface area contributed by atoms with Gasteiger partial charge in [0.2, 0.25) is 0 Å². The van der Waals surface area contributed by atoms with Gasteiger partial charge in [-0.05, 0) is 30.3 Å². The molecule has 1 saturated heterocycles. The summed E-state index contributed by atoms with van der Waals surface area (Å²) in [7, 11) is 0. The van der Waals surface area contributed by atoms with E-state index in [9.17, 15) is 28.1 Å². The number of carbonyl (C=O) groups is 1. The molecule has 8 nitrogen and oxygen atoms in total. The number of rotatable bonds is 6. The van der Waals surface area contributed by atoms with Crippen molar-refractivity contribution in [2.24, 2.45) is 0 Å². The maximum atomic E-state index is 13.0. The summed E-state index contributed by atoms with van der Waals surface area (Å²) < 4.78 is 50.0. The first-order valence-corrected chi connectivity index (χ1v) is 10.4. The molecular formula is C23H20F3N3O5. The Morgan fingerprint density at radius 3 is 2.41 bits per heavy atom. The minimum Gasteiger partial charge on any atom is -0.489 e. The van der Waals surface area contributed by atoms with Crippen LogP contribution in [0.4, 0.5) is 24.5 Å². The van der Waals surface area contributed by atoms with Gasteiger partial charge in [-0.1, -0.05) is 18.2 Å². The average molecular weight is 475 g/mol. The molecule has 2 heterocycles. The predicted octanol–water partition coefficient (Wildman–Crippen LogP) is 4.75. The Bertz CT molecular complexity index is 1170. The molecule has 0 saturated carbocycles. The second-order valence-electron chi connectivity index (χ2n) is 7.61. The number of hydrogen-bond acceptors (Lipinski definition) is 6. The Morgan fingerprint density at radius 1 is 1.06 bits per heavy atom. The van der Waals surface area contributed by atoms with Crippen molar-refractivity contribution in [2.45, 2.75) is 12.8 Å². The van der Waals surface area contributed by atoms with Crippen LogP contribution in [0.15, 0.2) is 65.3 Å². The number of hydrogen-bond donors (Lipinski definition) is 0. The Hall–Kier alpha value is -4.02. The second kappa shape index (κ2) is 9.46. The number of nitro benzene ring substituents is 1. The first-order chi connectivity index (χ1) is 16.2. The molecule has 0 radical (unpaired) electrons. The zero-order valence-corrected chi connectivity index (χ0v) is 17.8. The van der Waals surface area contributed by atoms with E-state index in [1.165, 1.54) is 11.2 Å². The summed E-state index contributed by atoms with van der Waals surface area (Å²) in [4.78, 5) is 26.7. The molecule has 4 rings (SSSR count). The topological polar surface area (TPSA) is 89.1 Å². The highest BCUT2D eigenvalue weighted by molar-refractivity contribution is 5.93. The summed E-state index contributed by atoms with van der Waals surface area (Å²) in [6.45, 7) is 1.01. The number of piperazine rings is 1. The van der Waals surface area contributed by atoms with Gasteiger partial charge in [-0.25, -0.2) is 0 Å². The van der Waals surface area contributed by atoms with E-state index in [4.69, 9.17) is 9.15 Å². The molecule has 1 aromatic heterocycles. The van der Waals surface area contributed by atoms with E-state index in [0.29, 0.717) is 17.4 Å². The van der Waals surface area contributed by atoms with Gasteiger partial charge in [0.15, 0.2) is 5.76 Å². The molecule has 0 unspecified atom stereocenters. The van der Waals surface area contributed by atoms with Crippen LogP contribution < -0.4 is 9.64 Å². The van der Waals surface area contributed by atoms with Crippen molar-refractivity contribution in [1.29, 1.82) is 0 Å². The lowest BCUT2D eigenvalue weighted by Gasteiger charge is -2.35. The van der Waals surface area contributed by atoms with Gasteiger partial charge < -0.3 is 19.0 Å². The summed E-state index contributed by atoms with van der Waals surface area (Å²) in [5, 5.41) is 11.4. The van der Waals surface area contributed by atoms with E-state index < -0.39 is 22.4 Å².